The molecule has 1 saturated carbocycles. The van der Waals surface area contributed by atoms with E-state index in [2.05, 4.69) is 0 Å². The maximum Gasteiger partial charge on any atom is 0.137 e. The summed E-state index contributed by atoms with van der Waals surface area (Å²) in [7, 11) is 0. The van der Waals surface area contributed by atoms with Crippen LogP contribution in [0.25, 0.3) is 0 Å². The minimum atomic E-state index is -0.597. The van der Waals surface area contributed by atoms with Crippen LogP contribution in [0, 0.1) is 5.82 Å². The van der Waals surface area contributed by atoms with E-state index >= 15 is 0 Å². The highest BCUT2D eigenvalue weighted by molar-refractivity contribution is 8.00. The highest BCUT2D eigenvalue weighted by atomic mass is 32.2. The molecule has 1 fully saturated rings. The van der Waals surface area contributed by atoms with E-state index in [1.807, 2.05) is 6.07 Å². The summed E-state index contributed by atoms with van der Waals surface area (Å²) in [5.41, 5.74) is 0.647. The number of rotatable bonds is 3. The Kier molecular flexibility index (Phi) is 3.87. The standard InChI is InChI=1S/C13H17FOS/c1-9(15)10-6-7-13(12(14)8-10)16-11-4-2-3-5-11/h6-9,11,15H,2-5H2,1H3. The van der Waals surface area contributed by atoms with Crippen molar-refractivity contribution in [1.29, 1.82) is 0 Å². The number of thioether (sulfide) groups is 1. The van der Waals surface area contributed by atoms with Crippen molar-refractivity contribution in [1.82, 2.24) is 0 Å². The summed E-state index contributed by atoms with van der Waals surface area (Å²) < 4.78 is 13.7. The predicted molar refractivity (Wildman–Crippen MR) is 65.1 cm³/mol. The van der Waals surface area contributed by atoms with Gasteiger partial charge in [-0.1, -0.05) is 18.9 Å². The first-order valence-corrected chi connectivity index (χ1v) is 6.69. The fourth-order valence-electron chi connectivity index (χ4n) is 2.06. The Morgan fingerprint density at radius 1 is 1.38 bits per heavy atom. The van der Waals surface area contributed by atoms with Gasteiger partial charge in [-0.15, -0.1) is 11.8 Å². The number of hydrogen-bond acceptors (Lipinski definition) is 2. The Balaban J connectivity index is 2.09. The van der Waals surface area contributed by atoms with Crippen molar-refractivity contribution in [3.8, 4) is 0 Å². The van der Waals surface area contributed by atoms with Crippen LogP contribution in [0.4, 0.5) is 4.39 Å². The first kappa shape index (κ1) is 11.9. The van der Waals surface area contributed by atoms with Crippen molar-refractivity contribution in [3.05, 3.63) is 29.6 Å². The van der Waals surface area contributed by atoms with Gasteiger partial charge in [0, 0.05) is 10.1 Å². The van der Waals surface area contributed by atoms with Crippen LogP contribution in [0.3, 0.4) is 0 Å². The molecule has 0 saturated heterocycles. The van der Waals surface area contributed by atoms with Gasteiger partial charge < -0.3 is 5.11 Å². The topological polar surface area (TPSA) is 20.2 Å². The lowest BCUT2D eigenvalue weighted by atomic mass is 10.1. The molecule has 1 aromatic carbocycles. The Labute approximate surface area is 100 Å². The number of halogens is 1. The second-order valence-corrected chi connectivity index (χ2v) is 5.73. The van der Waals surface area contributed by atoms with Crippen molar-refractivity contribution >= 4 is 11.8 Å². The Morgan fingerprint density at radius 3 is 2.62 bits per heavy atom. The number of hydrogen-bond donors (Lipinski definition) is 1. The average Bonchev–Trinajstić information content (AvgIpc) is 2.73. The van der Waals surface area contributed by atoms with Gasteiger partial charge in [0.15, 0.2) is 0 Å². The van der Waals surface area contributed by atoms with Gasteiger partial charge in [0.25, 0.3) is 0 Å². The van der Waals surface area contributed by atoms with Crippen LogP contribution in [0.5, 0.6) is 0 Å². The molecule has 1 aliphatic rings. The third-order valence-electron chi connectivity index (χ3n) is 3.03. The van der Waals surface area contributed by atoms with E-state index in [4.69, 9.17) is 0 Å². The van der Waals surface area contributed by atoms with Gasteiger partial charge in [-0.05, 0) is 37.5 Å². The summed E-state index contributed by atoms with van der Waals surface area (Å²) in [6, 6.07) is 5.05. The second kappa shape index (κ2) is 5.19. The van der Waals surface area contributed by atoms with Crippen LogP contribution in [-0.2, 0) is 0 Å². The van der Waals surface area contributed by atoms with Gasteiger partial charge in [0.2, 0.25) is 0 Å². The Hall–Kier alpha value is -0.540. The van der Waals surface area contributed by atoms with Gasteiger partial charge in [-0.3, -0.25) is 0 Å². The maximum atomic E-state index is 13.7. The van der Waals surface area contributed by atoms with Crippen molar-refractivity contribution in [2.45, 2.75) is 48.9 Å². The van der Waals surface area contributed by atoms with Crippen LogP contribution in [0.1, 0.15) is 44.3 Å². The monoisotopic (exact) mass is 240 g/mol. The lowest BCUT2D eigenvalue weighted by Crippen LogP contribution is -1.97. The summed E-state index contributed by atoms with van der Waals surface area (Å²) in [5.74, 6) is -0.199. The molecule has 0 amide bonds. The highest BCUT2D eigenvalue weighted by Gasteiger charge is 2.18. The third-order valence-corrected chi connectivity index (χ3v) is 4.42. The van der Waals surface area contributed by atoms with Gasteiger partial charge >= 0.3 is 0 Å². The number of benzene rings is 1. The van der Waals surface area contributed by atoms with Gasteiger partial charge in [-0.2, -0.15) is 0 Å². The van der Waals surface area contributed by atoms with Crippen LogP contribution in [0.2, 0.25) is 0 Å². The highest BCUT2D eigenvalue weighted by Crippen LogP contribution is 2.36. The van der Waals surface area contributed by atoms with E-state index in [1.54, 1.807) is 24.8 Å². The molecule has 1 aliphatic carbocycles. The molecule has 2 rings (SSSR count). The molecule has 0 spiro atoms. The zero-order valence-corrected chi connectivity index (χ0v) is 10.3. The molecule has 1 nitrogen and oxygen atoms in total. The first-order valence-electron chi connectivity index (χ1n) is 5.81. The lowest BCUT2D eigenvalue weighted by Gasteiger charge is -2.11. The van der Waals surface area contributed by atoms with Crippen LogP contribution < -0.4 is 0 Å². The van der Waals surface area contributed by atoms with Crippen LogP contribution in [-0.4, -0.2) is 10.4 Å². The summed E-state index contributed by atoms with van der Waals surface area (Å²) in [5, 5.41) is 9.93. The van der Waals surface area contributed by atoms with E-state index in [0.717, 1.165) is 4.90 Å². The minimum absolute atomic E-state index is 0.199. The van der Waals surface area contributed by atoms with Crippen molar-refractivity contribution in [2.75, 3.05) is 0 Å². The zero-order chi connectivity index (χ0) is 11.5. The zero-order valence-electron chi connectivity index (χ0n) is 9.45. The van der Waals surface area contributed by atoms with Crippen molar-refractivity contribution in [2.24, 2.45) is 0 Å². The SMILES string of the molecule is CC(O)c1ccc(SC2CCCC2)c(F)c1. The molecule has 0 radical (unpaired) electrons. The Bertz CT molecular complexity index is 359. The Morgan fingerprint density at radius 2 is 2.06 bits per heavy atom. The van der Waals surface area contributed by atoms with E-state index in [9.17, 15) is 9.50 Å². The third kappa shape index (κ3) is 2.77. The van der Waals surface area contributed by atoms with Gasteiger partial charge in [0.05, 0.1) is 6.10 Å². The average molecular weight is 240 g/mol. The van der Waals surface area contributed by atoms with E-state index in [0.29, 0.717) is 10.8 Å². The lowest BCUT2D eigenvalue weighted by molar-refractivity contribution is 0.198. The number of aliphatic hydroxyl groups excluding tert-OH is 1. The first-order chi connectivity index (χ1) is 7.66. The second-order valence-electron chi connectivity index (χ2n) is 4.39. The smallest absolute Gasteiger partial charge is 0.137 e. The van der Waals surface area contributed by atoms with Crippen molar-refractivity contribution in [3.63, 3.8) is 0 Å². The van der Waals surface area contributed by atoms with E-state index in [1.165, 1.54) is 31.7 Å². The maximum absolute atomic E-state index is 13.7. The van der Waals surface area contributed by atoms with Crippen LogP contribution >= 0.6 is 11.8 Å². The quantitative estimate of drug-likeness (QED) is 0.864. The van der Waals surface area contributed by atoms with Gasteiger partial charge in [-0.25, -0.2) is 4.39 Å². The molecular weight excluding hydrogens is 223 g/mol. The molecule has 1 unspecified atom stereocenters. The molecule has 88 valence electrons. The fraction of sp³-hybridized carbons (Fsp3) is 0.538. The van der Waals surface area contributed by atoms with E-state index < -0.39 is 6.10 Å². The summed E-state index contributed by atoms with van der Waals surface area (Å²) in [6.45, 7) is 1.65. The fourth-order valence-corrected chi connectivity index (χ4v) is 3.30. The van der Waals surface area contributed by atoms with E-state index in [-0.39, 0.29) is 5.82 Å². The normalized spacial score (nSPS) is 18.9. The summed E-state index contributed by atoms with van der Waals surface area (Å²) >= 11 is 1.64. The largest absolute Gasteiger partial charge is 0.389 e. The summed E-state index contributed by atoms with van der Waals surface area (Å²) in [6.07, 6.45) is 4.33. The summed E-state index contributed by atoms with van der Waals surface area (Å²) in [4.78, 5) is 0.719. The molecule has 1 aromatic rings. The minimum Gasteiger partial charge on any atom is -0.389 e. The molecule has 1 atom stereocenters. The molecule has 0 aromatic heterocycles. The molecule has 0 bridgehead atoms. The molecular formula is C13H17FOS. The molecule has 0 aliphatic heterocycles. The molecule has 3 heteroatoms. The molecule has 16 heavy (non-hydrogen) atoms. The molecule has 1 N–H and O–H groups in total. The number of aliphatic hydroxyl groups is 1. The molecule has 0 heterocycles. The van der Waals surface area contributed by atoms with Crippen molar-refractivity contribution < 1.29 is 9.50 Å². The predicted octanol–water partition coefficient (Wildman–Crippen LogP) is 3.91. The van der Waals surface area contributed by atoms with Crippen LogP contribution in [0.15, 0.2) is 23.1 Å². The van der Waals surface area contributed by atoms with Gasteiger partial charge in [0.1, 0.15) is 5.82 Å².